The van der Waals surface area contributed by atoms with E-state index in [1.165, 1.54) is 30.6 Å². The van der Waals surface area contributed by atoms with Gasteiger partial charge in [0.05, 0.1) is 17.6 Å². The molecule has 0 aliphatic heterocycles. The summed E-state index contributed by atoms with van der Waals surface area (Å²) in [5, 5.41) is 12.4. The number of carboxylic acids is 1. The van der Waals surface area contributed by atoms with Crippen molar-refractivity contribution in [1.82, 2.24) is 9.97 Å². The molecule has 2 N–H and O–H groups in total. The molecule has 0 radical (unpaired) electrons. The number of ether oxygens (including phenoxy) is 1. The highest BCUT2D eigenvalue weighted by molar-refractivity contribution is 7.17. The van der Waals surface area contributed by atoms with Gasteiger partial charge in [0, 0.05) is 16.9 Å². The Hall–Kier alpha value is -3.52. The van der Waals surface area contributed by atoms with Crippen molar-refractivity contribution in [3.05, 3.63) is 70.8 Å². The van der Waals surface area contributed by atoms with Crippen LogP contribution in [0.5, 0.6) is 0 Å². The molecule has 0 aliphatic rings. The lowest BCUT2D eigenvalue weighted by atomic mass is 10.1. The highest BCUT2D eigenvalue weighted by atomic mass is 32.1. The molecule has 2 aromatic heterocycles. The maximum atomic E-state index is 11.8. The normalized spacial score (nSPS) is 10.5. The number of aromatic carboxylic acids is 1. The topological polar surface area (TPSA) is 101 Å². The van der Waals surface area contributed by atoms with Crippen LogP contribution in [-0.4, -0.2) is 34.1 Å². The predicted molar refractivity (Wildman–Crippen MR) is 117 cm³/mol. The molecule has 3 aromatic rings. The number of anilines is 2. The maximum Gasteiger partial charge on any atom is 0.348 e. The third-order valence-electron chi connectivity index (χ3n) is 4.38. The molecule has 0 saturated heterocycles. The summed E-state index contributed by atoms with van der Waals surface area (Å²) in [6.07, 6.45) is 3.06. The van der Waals surface area contributed by atoms with Crippen LogP contribution in [-0.2, 0) is 17.6 Å². The molecule has 0 saturated carbocycles. The van der Waals surface area contributed by atoms with Crippen LogP contribution in [0.2, 0.25) is 0 Å². The Labute approximate surface area is 178 Å². The molecule has 1 aromatic carbocycles. The molecular weight excluding hydrogens is 402 g/mol. The number of nitrogens with zero attached hydrogens (tertiary/aromatic N) is 2. The number of rotatable bonds is 8. The Kier molecular flexibility index (Phi) is 6.58. The van der Waals surface area contributed by atoms with Crippen LogP contribution in [0.15, 0.2) is 49.1 Å². The molecule has 0 fully saturated rings. The summed E-state index contributed by atoms with van der Waals surface area (Å²) in [7, 11) is 1.34. The summed E-state index contributed by atoms with van der Waals surface area (Å²) in [6, 6.07) is 9.93. The van der Waals surface area contributed by atoms with Crippen LogP contribution in [0, 0.1) is 0 Å². The number of hydrogen-bond donors (Lipinski definition) is 2. The fourth-order valence-corrected chi connectivity index (χ4v) is 3.75. The van der Waals surface area contributed by atoms with Gasteiger partial charge in [0.1, 0.15) is 10.7 Å². The number of methoxy groups -OCH3 is 1. The van der Waals surface area contributed by atoms with Crippen molar-refractivity contribution in [3.63, 3.8) is 0 Å². The third kappa shape index (κ3) is 4.55. The highest BCUT2D eigenvalue weighted by Crippen LogP contribution is 2.30. The van der Waals surface area contributed by atoms with Crippen molar-refractivity contribution in [2.45, 2.75) is 19.8 Å². The smallest absolute Gasteiger partial charge is 0.348 e. The first-order valence-electron chi connectivity index (χ1n) is 9.26. The van der Waals surface area contributed by atoms with Crippen LogP contribution in [0.3, 0.4) is 0 Å². The van der Waals surface area contributed by atoms with Gasteiger partial charge in [-0.05, 0) is 49.2 Å². The van der Waals surface area contributed by atoms with Crippen molar-refractivity contribution in [2.75, 3.05) is 12.4 Å². The van der Waals surface area contributed by atoms with Gasteiger partial charge in [-0.15, -0.1) is 17.9 Å². The molecule has 0 bridgehead atoms. The molecule has 3 rings (SSSR count). The van der Waals surface area contributed by atoms with Gasteiger partial charge in [0.2, 0.25) is 0 Å². The van der Waals surface area contributed by atoms with Crippen molar-refractivity contribution >= 4 is 34.8 Å². The van der Waals surface area contributed by atoms with Crippen LogP contribution >= 0.6 is 11.3 Å². The summed E-state index contributed by atoms with van der Waals surface area (Å²) in [5.41, 5.74) is 2.71. The summed E-state index contributed by atoms with van der Waals surface area (Å²) in [6.45, 7) is 5.84. The molecule has 0 atom stereocenters. The SMILES string of the molecule is C=CCc1c(CC)nc(-c2ccc(C(=O)OC)s2)nc1Nc1ccc(C(=O)O)cc1. The molecule has 0 amide bonds. The van der Waals surface area contributed by atoms with E-state index in [2.05, 4.69) is 11.9 Å². The third-order valence-corrected chi connectivity index (χ3v) is 5.44. The van der Waals surface area contributed by atoms with E-state index in [0.29, 0.717) is 35.0 Å². The minimum absolute atomic E-state index is 0.207. The van der Waals surface area contributed by atoms with Crippen LogP contribution in [0.25, 0.3) is 10.7 Å². The number of nitrogens with one attached hydrogen (secondary N) is 1. The maximum absolute atomic E-state index is 11.8. The lowest BCUT2D eigenvalue weighted by molar-refractivity contribution is 0.0605. The van der Waals surface area contributed by atoms with E-state index in [9.17, 15) is 9.59 Å². The Morgan fingerprint density at radius 1 is 1.20 bits per heavy atom. The first-order chi connectivity index (χ1) is 14.5. The standard InChI is InChI=1S/C22H21N3O4S/c1-4-6-15-16(5-2)24-20(17-11-12-18(30-17)22(28)29-3)25-19(15)23-14-9-7-13(8-10-14)21(26)27/h4,7-12H,1,5-6H2,2-3H3,(H,26,27)(H,23,24,25). The minimum Gasteiger partial charge on any atom is -0.478 e. The van der Waals surface area contributed by atoms with Gasteiger partial charge in [-0.3, -0.25) is 0 Å². The zero-order valence-electron chi connectivity index (χ0n) is 16.6. The zero-order chi connectivity index (χ0) is 21.7. The largest absolute Gasteiger partial charge is 0.478 e. The van der Waals surface area contributed by atoms with Crippen molar-refractivity contribution < 1.29 is 19.4 Å². The second-order valence-electron chi connectivity index (χ2n) is 6.33. The molecule has 7 nitrogen and oxygen atoms in total. The molecule has 0 unspecified atom stereocenters. The second kappa shape index (κ2) is 9.32. The molecule has 2 heterocycles. The van der Waals surface area contributed by atoms with Gasteiger partial charge >= 0.3 is 11.9 Å². The lowest BCUT2D eigenvalue weighted by Gasteiger charge is -2.15. The van der Waals surface area contributed by atoms with Gasteiger partial charge < -0.3 is 15.2 Å². The second-order valence-corrected chi connectivity index (χ2v) is 7.41. The Bertz CT molecular complexity index is 1090. The van der Waals surface area contributed by atoms with E-state index in [4.69, 9.17) is 19.8 Å². The number of thiophene rings is 1. The summed E-state index contributed by atoms with van der Waals surface area (Å²) in [5.74, 6) is -0.259. The van der Waals surface area contributed by atoms with E-state index < -0.39 is 11.9 Å². The summed E-state index contributed by atoms with van der Waals surface area (Å²) < 4.78 is 4.78. The molecule has 30 heavy (non-hydrogen) atoms. The molecule has 8 heteroatoms. The monoisotopic (exact) mass is 423 g/mol. The van der Waals surface area contributed by atoms with Crippen molar-refractivity contribution in [3.8, 4) is 10.7 Å². The number of carbonyl (C=O) groups is 2. The van der Waals surface area contributed by atoms with Crippen LogP contribution in [0.4, 0.5) is 11.5 Å². The van der Waals surface area contributed by atoms with E-state index in [0.717, 1.165) is 16.1 Å². The highest BCUT2D eigenvalue weighted by Gasteiger charge is 2.17. The van der Waals surface area contributed by atoms with Gasteiger partial charge in [0.15, 0.2) is 5.82 Å². The van der Waals surface area contributed by atoms with Crippen LogP contribution < -0.4 is 5.32 Å². The fourth-order valence-electron chi connectivity index (χ4n) is 2.90. The lowest BCUT2D eigenvalue weighted by Crippen LogP contribution is -2.07. The average Bonchev–Trinajstić information content (AvgIpc) is 3.25. The van der Waals surface area contributed by atoms with Crippen molar-refractivity contribution in [2.24, 2.45) is 0 Å². The van der Waals surface area contributed by atoms with E-state index in [1.54, 1.807) is 30.3 Å². The molecule has 154 valence electrons. The summed E-state index contributed by atoms with van der Waals surface area (Å²) >= 11 is 1.26. The number of esters is 1. The quantitative estimate of drug-likeness (QED) is 0.399. The van der Waals surface area contributed by atoms with Gasteiger partial charge in [0.25, 0.3) is 0 Å². The molecule has 0 spiro atoms. The zero-order valence-corrected chi connectivity index (χ0v) is 17.5. The number of aryl methyl sites for hydroxylation is 1. The number of allylic oxidation sites excluding steroid dienone is 1. The van der Waals surface area contributed by atoms with E-state index in [1.807, 2.05) is 6.92 Å². The Balaban J connectivity index is 2.04. The minimum atomic E-state index is -0.981. The van der Waals surface area contributed by atoms with Gasteiger partial charge in [-0.2, -0.15) is 0 Å². The average molecular weight is 423 g/mol. The van der Waals surface area contributed by atoms with Gasteiger partial charge in [-0.25, -0.2) is 19.6 Å². The number of aromatic nitrogens is 2. The predicted octanol–water partition coefficient (Wildman–Crippen LogP) is 4.72. The summed E-state index contributed by atoms with van der Waals surface area (Å²) in [4.78, 5) is 33.5. The number of hydrogen-bond acceptors (Lipinski definition) is 7. The van der Waals surface area contributed by atoms with Crippen molar-refractivity contribution in [1.29, 1.82) is 0 Å². The number of carboxylic acid groups (broad SMARTS) is 1. The molecule has 0 aliphatic carbocycles. The Morgan fingerprint density at radius 2 is 1.93 bits per heavy atom. The van der Waals surface area contributed by atoms with Crippen LogP contribution in [0.1, 0.15) is 38.2 Å². The molecular formula is C22H21N3O4S. The van der Waals surface area contributed by atoms with Gasteiger partial charge in [-0.1, -0.05) is 13.0 Å². The number of carbonyl (C=O) groups excluding carboxylic acids is 1. The first-order valence-corrected chi connectivity index (χ1v) is 10.1. The Morgan fingerprint density at radius 3 is 2.53 bits per heavy atom. The van der Waals surface area contributed by atoms with E-state index >= 15 is 0 Å². The van der Waals surface area contributed by atoms with E-state index in [-0.39, 0.29) is 5.56 Å². The fraction of sp³-hybridized carbons (Fsp3) is 0.182. The number of benzene rings is 1. The first kappa shape index (κ1) is 21.2.